The van der Waals surface area contributed by atoms with E-state index in [2.05, 4.69) is 0 Å². The fraction of sp³-hybridized carbons (Fsp3) is 0.333. The van der Waals surface area contributed by atoms with Crippen molar-refractivity contribution in [3.8, 4) is 69.0 Å². The van der Waals surface area contributed by atoms with Crippen molar-refractivity contribution in [3.05, 3.63) is 140 Å². The lowest BCUT2D eigenvalue weighted by Gasteiger charge is -2.20. The zero-order chi connectivity index (χ0) is 61.1. The molecule has 20 rings (SSSR count). The molecule has 0 amide bonds. The summed E-state index contributed by atoms with van der Waals surface area (Å²) in [6.07, 6.45) is -0.0755. The molecule has 0 spiro atoms. The third-order valence-corrected chi connectivity index (χ3v) is 14.4. The third kappa shape index (κ3) is 15.2. The second-order valence-electron chi connectivity index (χ2n) is 20.7. The number of aldehydes is 1. The molecule has 24 nitrogen and oxygen atoms in total. The van der Waals surface area contributed by atoms with Gasteiger partial charge in [-0.3, -0.25) is 4.79 Å². The van der Waals surface area contributed by atoms with Gasteiger partial charge in [-0.1, -0.05) is 0 Å². The van der Waals surface area contributed by atoms with Crippen LogP contribution in [0.25, 0.3) is 0 Å². The molecule has 24 heteroatoms. The van der Waals surface area contributed by atoms with Crippen LogP contribution in [0.1, 0.15) is 86.0 Å². The van der Waals surface area contributed by atoms with Crippen molar-refractivity contribution in [1.29, 1.82) is 0 Å². The van der Waals surface area contributed by atoms with Crippen LogP contribution in [0.4, 0.5) is 0 Å². The molecule has 0 aromatic heterocycles. The Morgan fingerprint density at radius 1 is 0.333 bits per heavy atom. The maximum absolute atomic E-state index is 12.1. The predicted molar refractivity (Wildman–Crippen MR) is 301 cm³/mol. The Kier molecular flexibility index (Phi) is 18.8. The minimum Gasteiger partial charge on any atom is -0.490 e. The van der Waals surface area contributed by atoms with E-state index in [1.165, 1.54) is 0 Å². The number of carboxylic acid groups (broad SMARTS) is 5. The second-order valence-corrected chi connectivity index (χ2v) is 20.7. The summed E-state index contributed by atoms with van der Waals surface area (Å²) < 4.78 is 73.9. The third-order valence-electron chi connectivity index (χ3n) is 14.4. The minimum absolute atomic E-state index is 0.00397. The zero-order valence-corrected chi connectivity index (χ0v) is 46.8. The lowest BCUT2D eigenvalue weighted by atomic mass is 9.94. The van der Waals surface area contributed by atoms with Crippen molar-refractivity contribution in [2.75, 3.05) is 72.7 Å². The van der Waals surface area contributed by atoms with E-state index in [0.29, 0.717) is 66.8 Å². The van der Waals surface area contributed by atoms with Crippen LogP contribution in [0.15, 0.2) is 72.8 Å². The van der Waals surface area contributed by atoms with Gasteiger partial charge in [0.15, 0.2) is 108 Å². The van der Waals surface area contributed by atoms with Crippen LogP contribution in [-0.4, -0.2) is 146 Å². The molecule has 456 valence electrons. The second kappa shape index (κ2) is 27.3. The standard InChI is InChI=1S/C63H60O24/c64-28-63(75)87-57-27-45-15-38-20-50-54(85-32-61(71)72)24-42(38)13-37-19-48-55(86-33-62(73)74)25-43(37)14-44(45)26-56(57)81-9-3-8-80-49-18-36-12-40-22-52(83-30-59(67)68)47(77-6-2-7-79-50)16-34(40)10-39-21-51(82-29-58(65)66)46(76-4-1-5-78-48)17-35(39)11-41(36)23-53(49)84-31-60(69)70/h16-28,63,75H,1-15,29-33H2,(H,65,66)(H,67,68)(H,69,70)(H,71,72)(H,73,74). The van der Waals surface area contributed by atoms with Crippen LogP contribution in [0, 0.1) is 0 Å². The van der Waals surface area contributed by atoms with Gasteiger partial charge in [-0.2, -0.15) is 0 Å². The molecule has 6 N–H and O–H groups in total. The molecular formula is C63H60O24. The maximum Gasteiger partial charge on any atom is 0.341 e. The average Bonchev–Trinajstić information content (AvgIpc) is 2.38. The zero-order valence-electron chi connectivity index (χ0n) is 46.8. The lowest BCUT2D eigenvalue weighted by molar-refractivity contribution is -0.140. The van der Waals surface area contributed by atoms with Crippen molar-refractivity contribution in [1.82, 2.24) is 0 Å². The molecule has 1 unspecified atom stereocenters. The Hall–Kier alpha value is -10.1. The number of benzene rings is 6. The van der Waals surface area contributed by atoms with Crippen LogP contribution >= 0.6 is 0 Å². The summed E-state index contributed by atoms with van der Waals surface area (Å²) >= 11 is 0. The van der Waals surface area contributed by atoms with Crippen molar-refractivity contribution in [2.24, 2.45) is 0 Å². The number of aliphatic carboxylic acids is 5. The molecule has 6 aromatic rings. The highest BCUT2D eigenvalue weighted by Gasteiger charge is 2.28. The molecule has 0 saturated heterocycles. The molecule has 18 bridgehead atoms. The van der Waals surface area contributed by atoms with Crippen molar-refractivity contribution < 1.29 is 116 Å². The first-order valence-corrected chi connectivity index (χ1v) is 27.8. The van der Waals surface area contributed by atoms with E-state index in [4.69, 9.17) is 56.8 Å². The number of aliphatic hydroxyl groups excluding tert-OH is 1. The van der Waals surface area contributed by atoms with E-state index < -0.39 is 69.2 Å². The summed E-state index contributed by atoms with van der Waals surface area (Å²) in [5, 5.41) is 59.8. The highest BCUT2D eigenvalue weighted by molar-refractivity contribution is 5.71. The molecule has 6 aromatic carbocycles. The molecule has 1 atom stereocenters. The van der Waals surface area contributed by atoms with Gasteiger partial charge >= 0.3 is 29.8 Å². The summed E-state index contributed by atoms with van der Waals surface area (Å²) in [4.78, 5) is 72.2. The summed E-state index contributed by atoms with van der Waals surface area (Å²) in [6, 6.07) is 20.4. The number of aliphatic hydroxyl groups is 1. The van der Waals surface area contributed by atoms with Gasteiger partial charge in [0.1, 0.15) is 0 Å². The van der Waals surface area contributed by atoms with Gasteiger partial charge < -0.3 is 87.5 Å². The first kappa shape index (κ1) is 60.0. The lowest BCUT2D eigenvalue weighted by Crippen LogP contribution is -2.18. The smallest absolute Gasteiger partial charge is 0.341 e. The molecule has 14 aliphatic rings. The van der Waals surface area contributed by atoms with Crippen LogP contribution in [0.3, 0.4) is 0 Å². The number of ether oxygens (including phenoxy) is 12. The number of carbonyl (C=O) groups excluding carboxylic acids is 1. The van der Waals surface area contributed by atoms with Gasteiger partial charge in [0.2, 0.25) is 0 Å². The highest BCUT2D eigenvalue weighted by Crippen LogP contribution is 2.44. The number of rotatable bonds is 18. The molecule has 0 radical (unpaired) electrons. The van der Waals surface area contributed by atoms with Gasteiger partial charge in [-0.25, -0.2) is 24.0 Å². The van der Waals surface area contributed by atoms with Crippen LogP contribution in [-0.2, 0) is 67.3 Å². The summed E-state index contributed by atoms with van der Waals surface area (Å²) in [5.74, 6) is -4.72. The van der Waals surface area contributed by atoms with E-state index in [9.17, 15) is 59.4 Å². The first-order chi connectivity index (χ1) is 42.0. The average molecular weight is 1200 g/mol. The fourth-order valence-electron chi connectivity index (χ4n) is 10.5. The van der Waals surface area contributed by atoms with E-state index in [1.54, 1.807) is 72.8 Å². The van der Waals surface area contributed by atoms with Crippen molar-refractivity contribution in [2.45, 2.75) is 64.1 Å². The maximum atomic E-state index is 12.1. The Labute approximate surface area is 496 Å². The fourth-order valence-corrected chi connectivity index (χ4v) is 10.5. The van der Waals surface area contributed by atoms with Crippen LogP contribution in [0.5, 0.6) is 69.0 Å². The molecule has 12 aliphatic heterocycles. The summed E-state index contributed by atoms with van der Waals surface area (Å²) in [6.45, 7) is -3.76. The van der Waals surface area contributed by atoms with E-state index >= 15 is 0 Å². The van der Waals surface area contributed by atoms with E-state index in [0.717, 1.165) is 0 Å². The Morgan fingerprint density at radius 2 is 0.517 bits per heavy atom. The molecule has 0 saturated carbocycles. The van der Waals surface area contributed by atoms with Crippen molar-refractivity contribution in [3.63, 3.8) is 0 Å². The Balaban J connectivity index is 1.19. The normalized spacial score (nSPS) is 14.6. The van der Waals surface area contributed by atoms with Gasteiger partial charge in [0, 0.05) is 19.3 Å². The minimum atomic E-state index is -1.90. The molecule has 2 aliphatic carbocycles. The van der Waals surface area contributed by atoms with Gasteiger partial charge in [-0.15, -0.1) is 0 Å². The van der Waals surface area contributed by atoms with Crippen molar-refractivity contribution >= 4 is 36.1 Å². The summed E-state index contributed by atoms with van der Waals surface area (Å²) in [5.41, 5.74) is 7.92. The number of carboxylic acids is 5. The van der Waals surface area contributed by atoms with Gasteiger partial charge in [0.25, 0.3) is 6.29 Å². The van der Waals surface area contributed by atoms with Crippen LogP contribution in [0.2, 0.25) is 0 Å². The van der Waals surface area contributed by atoms with E-state index in [-0.39, 0.29) is 173 Å². The molecule has 0 fully saturated rings. The predicted octanol–water partition coefficient (Wildman–Crippen LogP) is 6.24. The first-order valence-electron chi connectivity index (χ1n) is 27.8. The SMILES string of the molecule is O=CC(O)Oc1cc2c3cc1OCCCOc1cc4c(cc1OCC(=O)O)Cc1cc5c(OCC(=O)O)cc1Cc1cc(c(OCC(=O)O)cc1C4)OCCCOc1cc(c(cc1OCC(=O)O)Cc1cc(c(OCC(=O)O)cc1C3)OCCCO5)C2. The topological polar surface area (TPSA) is 335 Å². The Morgan fingerprint density at radius 3 is 0.713 bits per heavy atom. The molecule has 12 heterocycles. The largest absolute Gasteiger partial charge is 0.490 e. The summed E-state index contributed by atoms with van der Waals surface area (Å²) in [7, 11) is 0. The monoisotopic (exact) mass is 1200 g/mol. The molecule has 87 heavy (non-hydrogen) atoms. The highest BCUT2D eigenvalue weighted by atomic mass is 16.6. The number of carbonyl (C=O) groups is 6. The van der Waals surface area contributed by atoms with Gasteiger partial charge in [-0.05, 0) is 178 Å². The molecular weight excluding hydrogens is 1140 g/mol. The van der Waals surface area contributed by atoms with Crippen LogP contribution < -0.4 is 56.8 Å². The van der Waals surface area contributed by atoms with Gasteiger partial charge in [0.05, 0.1) is 39.6 Å². The Bertz CT molecular complexity index is 3600. The van der Waals surface area contributed by atoms with E-state index in [1.807, 2.05) is 0 Å². The number of hydrogen-bond acceptors (Lipinski definition) is 19. The quantitative estimate of drug-likeness (QED) is 0.0409. The number of hydrogen-bond donors (Lipinski definition) is 6.